The molecule has 0 N–H and O–H groups in total. The van der Waals surface area contributed by atoms with Crippen molar-refractivity contribution in [3.05, 3.63) is 0 Å². The van der Waals surface area contributed by atoms with Crippen LogP contribution in [0.1, 0.15) is 38.5 Å². The zero-order valence-corrected chi connectivity index (χ0v) is 13.6. The van der Waals surface area contributed by atoms with Crippen molar-refractivity contribution in [2.75, 3.05) is 44.7 Å². The van der Waals surface area contributed by atoms with Crippen molar-refractivity contribution in [3.8, 4) is 0 Å². The molecule has 20 heavy (non-hydrogen) atoms. The SMILES string of the molecule is C[N+]1(C2CS(=O)(=O)CC2N2CCCCC2)CCCCC1. The van der Waals surface area contributed by atoms with Gasteiger partial charge in [-0.1, -0.05) is 6.42 Å². The molecule has 5 heteroatoms. The van der Waals surface area contributed by atoms with Gasteiger partial charge < -0.3 is 4.48 Å². The van der Waals surface area contributed by atoms with Crippen molar-refractivity contribution in [3.63, 3.8) is 0 Å². The Morgan fingerprint density at radius 3 is 2.15 bits per heavy atom. The van der Waals surface area contributed by atoms with Gasteiger partial charge in [0.25, 0.3) is 0 Å². The molecule has 4 nitrogen and oxygen atoms in total. The van der Waals surface area contributed by atoms with E-state index in [0.717, 1.165) is 17.6 Å². The monoisotopic (exact) mass is 301 g/mol. The lowest BCUT2D eigenvalue weighted by molar-refractivity contribution is -0.936. The number of hydrogen-bond acceptors (Lipinski definition) is 3. The van der Waals surface area contributed by atoms with Crippen LogP contribution >= 0.6 is 0 Å². The Balaban J connectivity index is 1.82. The Labute approximate surface area is 123 Å². The topological polar surface area (TPSA) is 37.4 Å². The maximum atomic E-state index is 12.2. The molecule has 3 saturated heterocycles. The zero-order valence-electron chi connectivity index (χ0n) is 12.8. The molecule has 3 aliphatic heterocycles. The fourth-order valence-corrected chi connectivity index (χ4v) is 6.76. The average molecular weight is 301 g/mol. The van der Waals surface area contributed by atoms with Crippen molar-refractivity contribution < 1.29 is 12.9 Å². The van der Waals surface area contributed by atoms with E-state index in [0.29, 0.717) is 17.5 Å². The van der Waals surface area contributed by atoms with Crippen LogP contribution in [0.25, 0.3) is 0 Å². The van der Waals surface area contributed by atoms with Gasteiger partial charge in [0.2, 0.25) is 0 Å². The highest BCUT2D eigenvalue weighted by Gasteiger charge is 2.50. The first kappa shape index (κ1) is 14.8. The van der Waals surface area contributed by atoms with Crippen LogP contribution in [0.3, 0.4) is 0 Å². The quantitative estimate of drug-likeness (QED) is 0.721. The fraction of sp³-hybridized carbons (Fsp3) is 1.00. The van der Waals surface area contributed by atoms with Crippen molar-refractivity contribution in [1.29, 1.82) is 0 Å². The molecule has 0 radical (unpaired) electrons. The van der Waals surface area contributed by atoms with Gasteiger partial charge in [-0.3, -0.25) is 4.90 Å². The first-order valence-electron chi connectivity index (χ1n) is 8.29. The highest BCUT2D eigenvalue weighted by atomic mass is 32.2. The molecule has 3 aliphatic rings. The standard InChI is InChI=1S/C15H29N2O2S/c1-17(10-6-3-7-11-17)15-13-20(18,19)12-14(15)16-8-4-2-5-9-16/h14-15H,2-13H2,1H3/q+1. The van der Waals surface area contributed by atoms with Crippen molar-refractivity contribution in [2.45, 2.75) is 50.6 Å². The summed E-state index contributed by atoms with van der Waals surface area (Å²) in [4.78, 5) is 2.50. The van der Waals surface area contributed by atoms with E-state index < -0.39 is 9.84 Å². The molecule has 3 rings (SSSR count). The second-order valence-electron chi connectivity index (χ2n) is 7.30. The minimum absolute atomic E-state index is 0.281. The van der Waals surface area contributed by atoms with Gasteiger partial charge in [-0.15, -0.1) is 0 Å². The largest absolute Gasteiger partial charge is 0.321 e. The highest BCUT2D eigenvalue weighted by Crippen LogP contribution is 2.32. The lowest BCUT2D eigenvalue weighted by Gasteiger charge is -2.47. The van der Waals surface area contributed by atoms with E-state index in [-0.39, 0.29) is 6.04 Å². The molecule has 3 fully saturated rings. The summed E-state index contributed by atoms with van der Waals surface area (Å²) in [6.07, 6.45) is 7.65. The lowest BCUT2D eigenvalue weighted by atomic mass is 9.98. The van der Waals surface area contributed by atoms with E-state index in [1.165, 1.54) is 51.6 Å². The van der Waals surface area contributed by atoms with Crippen LogP contribution in [0.5, 0.6) is 0 Å². The molecule has 116 valence electrons. The average Bonchev–Trinajstić information content (AvgIpc) is 2.78. The summed E-state index contributed by atoms with van der Waals surface area (Å²) in [5, 5.41) is 0. The fourth-order valence-electron chi connectivity index (χ4n) is 4.57. The summed E-state index contributed by atoms with van der Waals surface area (Å²) >= 11 is 0. The second kappa shape index (κ2) is 5.58. The smallest absolute Gasteiger partial charge is 0.157 e. The van der Waals surface area contributed by atoms with Gasteiger partial charge in [0, 0.05) is 0 Å². The van der Waals surface area contributed by atoms with Gasteiger partial charge in [-0.05, 0) is 45.2 Å². The summed E-state index contributed by atoms with van der Waals surface area (Å²) in [6, 6.07) is 0.599. The molecule has 0 aliphatic carbocycles. The predicted molar refractivity (Wildman–Crippen MR) is 81.4 cm³/mol. The van der Waals surface area contributed by atoms with Gasteiger partial charge >= 0.3 is 0 Å². The molecule has 0 amide bonds. The maximum absolute atomic E-state index is 12.2. The van der Waals surface area contributed by atoms with E-state index in [4.69, 9.17) is 0 Å². The number of nitrogens with zero attached hydrogens (tertiary/aromatic N) is 2. The number of hydrogen-bond donors (Lipinski definition) is 0. The molecule has 3 heterocycles. The summed E-state index contributed by atoms with van der Waals surface area (Å²) in [6.45, 7) is 4.56. The van der Waals surface area contributed by atoms with Crippen LogP contribution in [0, 0.1) is 0 Å². The first-order chi connectivity index (χ1) is 9.50. The Morgan fingerprint density at radius 2 is 1.50 bits per heavy atom. The molecule has 0 saturated carbocycles. The van der Waals surface area contributed by atoms with Gasteiger partial charge in [0.05, 0.1) is 31.9 Å². The lowest BCUT2D eigenvalue weighted by Crippen LogP contribution is -2.63. The Kier molecular flexibility index (Phi) is 4.13. The highest BCUT2D eigenvalue weighted by molar-refractivity contribution is 7.91. The molecule has 0 bridgehead atoms. The Bertz CT molecular complexity index is 437. The van der Waals surface area contributed by atoms with Gasteiger partial charge in [-0.25, -0.2) is 8.42 Å². The molecule has 0 aromatic heterocycles. The van der Waals surface area contributed by atoms with Crippen LogP contribution < -0.4 is 0 Å². The predicted octanol–water partition coefficient (Wildman–Crippen LogP) is 1.27. The zero-order chi connectivity index (χ0) is 14.2. The van der Waals surface area contributed by atoms with Gasteiger partial charge in [0.15, 0.2) is 9.84 Å². The minimum atomic E-state index is -2.84. The summed E-state index contributed by atoms with van der Waals surface area (Å²) in [5.74, 6) is 0.830. The van der Waals surface area contributed by atoms with Crippen LogP contribution in [-0.4, -0.2) is 74.6 Å². The maximum Gasteiger partial charge on any atom is 0.157 e. The third kappa shape index (κ3) is 2.90. The summed E-state index contributed by atoms with van der Waals surface area (Å²) < 4.78 is 25.5. The van der Waals surface area contributed by atoms with Crippen LogP contribution in [0.2, 0.25) is 0 Å². The van der Waals surface area contributed by atoms with E-state index in [1.807, 2.05) is 0 Å². The Morgan fingerprint density at radius 1 is 0.900 bits per heavy atom. The molecule has 0 spiro atoms. The van der Waals surface area contributed by atoms with Crippen LogP contribution in [-0.2, 0) is 9.84 Å². The first-order valence-corrected chi connectivity index (χ1v) is 10.1. The minimum Gasteiger partial charge on any atom is -0.321 e. The van der Waals surface area contributed by atoms with Crippen LogP contribution in [0.4, 0.5) is 0 Å². The number of quaternary nitrogens is 1. The Hall–Kier alpha value is -0.130. The van der Waals surface area contributed by atoms with Gasteiger partial charge in [0.1, 0.15) is 11.8 Å². The number of likely N-dealkylation sites (N-methyl/N-ethyl adjacent to an activating group) is 1. The van der Waals surface area contributed by atoms with E-state index in [9.17, 15) is 8.42 Å². The number of piperidine rings is 2. The second-order valence-corrected chi connectivity index (χ2v) is 9.45. The van der Waals surface area contributed by atoms with Crippen LogP contribution in [0.15, 0.2) is 0 Å². The number of likely N-dealkylation sites (tertiary alicyclic amines) is 2. The van der Waals surface area contributed by atoms with E-state index in [2.05, 4.69) is 11.9 Å². The number of sulfone groups is 1. The molecular weight excluding hydrogens is 272 g/mol. The molecule has 0 aromatic rings. The normalized spacial score (nSPS) is 37.9. The summed E-state index contributed by atoms with van der Waals surface area (Å²) in [7, 11) is -0.532. The summed E-state index contributed by atoms with van der Waals surface area (Å²) in [5.41, 5.74) is 0. The molecule has 2 unspecified atom stereocenters. The van der Waals surface area contributed by atoms with Crippen molar-refractivity contribution in [1.82, 2.24) is 4.90 Å². The molecule has 2 atom stereocenters. The molecule has 0 aromatic carbocycles. The van der Waals surface area contributed by atoms with E-state index in [1.54, 1.807) is 0 Å². The van der Waals surface area contributed by atoms with Gasteiger partial charge in [-0.2, -0.15) is 0 Å². The van der Waals surface area contributed by atoms with E-state index >= 15 is 0 Å². The van der Waals surface area contributed by atoms with Crippen molar-refractivity contribution >= 4 is 9.84 Å². The van der Waals surface area contributed by atoms with Crippen molar-refractivity contribution in [2.24, 2.45) is 0 Å². The third-order valence-electron chi connectivity index (χ3n) is 5.79. The number of rotatable bonds is 2. The third-order valence-corrected chi connectivity index (χ3v) is 7.49. The molecular formula is C15H29N2O2S+.